The van der Waals surface area contributed by atoms with Gasteiger partial charge in [0, 0.05) is 35.0 Å². The first-order valence-corrected chi connectivity index (χ1v) is 6.80. The SMILES string of the molecule is Cc1ccc(-c2csc(CC(C)N)n2)cc1[N+](=O)[O-]. The van der Waals surface area contributed by atoms with Crippen molar-refractivity contribution in [2.75, 3.05) is 0 Å². The van der Waals surface area contributed by atoms with Crippen LogP contribution in [0.5, 0.6) is 0 Å². The van der Waals surface area contributed by atoms with Gasteiger partial charge in [-0.3, -0.25) is 10.1 Å². The lowest BCUT2D eigenvalue weighted by atomic mass is 10.1. The smallest absolute Gasteiger partial charge is 0.272 e. The van der Waals surface area contributed by atoms with Gasteiger partial charge in [0.15, 0.2) is 0 Å². The van der Waals surface area contributed by atoms with E-state index in [0.717, 1.165) is 22.7 Å². The number of aromatic nitrogens is 1. The molecule has 2 rings (SSSR count). The minimum Gasteiger partial charge on any atom is -0.328 e. The molecule has 2 aromatic rings. The van der Waals surface area contributed by atoms with Gasteiger partial charge in [-0.2, -0.15) is 0 Å². The summed E-state index contributed by atoms with van der Waals surface area (Å²) in [7, 11) is 0. The van der Waals surface area contributed by atoms with Crippen LogP contribution in [0.4, 0.5) is 5.69 Å². The first-order valence-electron chi connectivity index (χ1n) is 5.92. The van der Waals surface area contributed by atoms with E-state index >= 15 is 0 Å². The number of thiazole rings is 1. The van der Waals surface area contributed by atoms with Crippen molar-refractivity contribution < 1.29 is 4.92 Å². The molecule has 0 saturated heterocycles. The molecule has 1 aromatic heterocycles. The monoisotopic (exact) mass is 277 g/mol. The summed E-state index contributed by atoms with van der Waals surface area (Å²) in [6.45, 7) is 3.66. The average Bonchev–Trinajstić information content (AvgIpc) is 2.76. The topological polar surface area (TPSA) is 82.0 Å². The van der Waals surface area contributed by atoms with Crippen molar-refractivity contribution in [3.8, 4) is 11.3 Å². The first kappa shape index (κ1) is 13.6. The Labute approximate surface area is 115 Å². The molecule has 0 aliphatic heterocycles. The van der Waals surface area contributed by atoms with Gasteiger partial charge in [0.25, 0.3) is 5.69 Å². The van der Waals surface area contributed by atoms with E-state index in [4.69, 9.17) is 5.73 Å². The largest absolute Gasteiger partial charge is 0.328 e. The number of benzene rings is 1. The van der Waals surface area contributed by atoms with E-state index in [0.29, 0.717) is 5.56 Å². The van der Waals surface area contributed by atoms with Crippen LogP contribution in [0.25, 0.3) is 11.3 Å². The second-order valence-electron chi connectivity index (χ2n) is 4.57. The molecule has 1 heterocycles. The molecule has 1 atom stereocenters. The Balaban J connectivity index is 2.34. The van der Waals surface area contributed by atoms with Crippen molar-refractivity contribution in [2.24, 2.45) is 5.73 Å². The number of nitro benzene ring substituents is 1. The summed E-state index contributed by atoms with van der Waals surface area (Å²) < 4.78 is 0. The molecule has 1 aromatic carbocycles. The van der Waals surface area contributed by atoms with Crippen molar-refractivity contribution >= 4 is 17.0 Å². The number of nitrogens with zero attached hydrogens (tertiary/aromatic N) is 2. The lowest BCUT2D eigenvalue weighted by Gasteiger charge is -2.01. The zero-order valence-corrected chi connectivity index (χ0v) is 11.6. The Bertz CT molecular complexity index is 608. The van der Waals surface area contributed by atoms with Gasteiger partial charge in [-0.05, 0) is 13.8 Å². The molecule has 0 bridgehead atoms. The van der Waals surface area contributed by atoms with Crippen molar-refractivity contribution in [3.63, 3.8) is 0 Å². The highest BCUT2D eigenvalue weighted by atomic mass is 32.1. The van der Waals surface area contributed by atoms with Crippen LogP contribution in [-0.4, -0.2) is 15.9 Å². The maximum atomic E-state index is 10.9. The minimum atomic E-state index is -0.367. The summed E-state index contributed by atoms with van der Waals surface area (Å²) in [4.78, 5) is 15.0. The van der Waals surface area contributed by atoms with Gasteiger partial charge in [0.05, 0.1) is 15.6 Å². The van der Waals surface area contributed by atoms with Crippen LogP contribution in [0.15, 0.2) is 23.6 Å². The van der Waals surface area contributed by atoms with E-state index in [1.807, 2.05) is 18.4 Å². The Hall–Kier alpha value is -1.79. The van der Waals surface area contributed by atoms with Crippen LogP contribution in [-0.2, 0) is 6.42 Å². The lowest BCUT2D eigenvalue weighted by Crippen LogP contribution is -2.17. The van der Waals surface area contributed by atoms with Crippen LogP contribution < -0.4 is 5.73 Å². The molecular formula is C13H15N3O2S. The minimum absolute atomic E-state index is 0.0614. The summed E-state index contributed by atoms with van der Waals surface area (Å²) >= 11 is 1.53. The summed E-state index contributed by atoms with van der Waals surface area (Å²) in [6.07, 6.45) is 0.721. The Morgan fingerprint density at radius 1 is 1.53 bits per heavy atom. The zero-order chi connectivity index (χ0) is 14.0. The highest BCUT2D eigenvalue weighted by molar-refractivity contribution is 7.09. The number of aryl methyl sites for hydroxylation is 1. The molecule has 0 aliphatic carbocycles. The molecule has 0 radical (unpaired) electrons. The van der Waals surface area contributed by atoms with Gasteiger partial charge in [-0.25, -0.2) is 4.98 Å². The first-order chi connectivity index (χ1) is 8.97. The molecule has 5 nitrogen and oxygen atoms in total. The van der Waals surface area contributed by atoms with Gasteiger partial charge < -0.3 is 5.73 Å². The Morgan fingerprint density at radius 3 is 2.89 bits per heavy atom. The number of rotatable bonds is 4. The summed E-state index contributed by atoms with van der Waals surface area (Å²) in [5.74, 6) is 0. The zero-order valence-electron chi connectivity index (χ0n) is 10.8. The number of hydrogen-bond donors (Lipinski definition) is 1. The molecule has 0 amide bonds. The predicted octanol–water partition coefficient (Wildman–Crippen LogP) is 2.92. The predicted molar refractivity (Wildman–Crippen MR) is 76.3 cm³/mol. The van der Waals surface area contributed by atoms with Crippen LogP contribution in [0.1, 0.15) is 17.5 Å². The summed E-state index contributed by atoms with van der Waals surface area (Å²) in [6, 6.07) is 5.23. The number of nitrogens with two attached hydrogens (primary N) is 1. The second kappa shape index (κ2) is 5.46. The molecule has 19 heavy (non-hydrogen) atoms. The Morgan fingerprint density at radius 2 is 2.26 bits per heavy atom. The third-order valence-corrected chi connectivity index (χ3v) is 3.62. The highest BCUT2D eigenvalue weighted by Crippen LogP contribution is 2.28. The molecule has 2 N–H and O–H groups in total. The van der Waals surface area contributed by atoms with Crippen molar-refractivity contribution in [1.29, 1.82) is 0 Å². The van der Waals surface area contributed by atoms with Crippen molar-refractivity contribution in [1.82, 2.24) is 4.98 Å². The van der Waals surface area contributed by atoms with Crippen molar-refractivity contribution in [2.45, 2.75) is 26.3 Å². The molecule has 0 saturated carbocycles. The van der Waals surface area contributed by atoms with E-state index in [9.17, 15) is 10.1 Å². The van der Waals surface area contributed by atoms with Crippen LogP contribution in [0.2, 0.25) is 0 Å². The van der Waals surface area contributed by atoms with E-state index < -0.39 is 0 Å². The number of nitro groups is 1. The van der Waals surface area contributed by atoms with E-state index in [1.165, 1.54) is 11.3 Å². The normalized spacial score (nSPS) is 12.4. The fourth-order valence-corrected chi connectivity index (χ4v) is 2.72. The Kier molecular flexibility index (Phi) is 3.92. The van der Waals surface area contributed by atoms with Gasteiger partial charge in [-0.1, -0.05) is 12.1 Å². The summed E-state index contributed by atoms with van der Waals surface area (Å²) in [5, 5.41) is 13.8. The fourth-order valence-electron chi connectivity index (χ4n) is 1.78. The van der Waals surface area contributed by atoms with Crippen LogP contribution in [0, 0.1) is 17.0 Å². The standard InChI is InChI=1S/C13H15N3O2S/c1-8-3-4-10(6-12(8)16(17)18)11-7-19-13(15-11)5-9(2)14/h3-4,6-7,9H,5,14H2,1-2H3. The van der Waals surface area contributed by atoms with Crippen LogP contribution >= 0.6 is 11.3 Å². The molecule has 1 unspecified atom stereocenters. The molecule has 100 valence electrons. The third kappa shape index (κ3) is 3.15. The molecule has 6 heteroatoms. The average molecular weight is 277 g/mol. The second-order valence-corrected chi connectivity index (χ2v) is 5.51. The van der Waals surface area contributed by atoms with Gasteiger partial charge >= 0.3 is 0 Å². The maximum Gasteiger partial charge on any atom is 0.272 e. The van der Waals surface area contributed by atoms with Gasteiger partial charge in [-0.15, -0.1) is 11.3 Å². The fraction of sp³-hybridized carbons (Fsp3) is 0.308. The van der Waals surface area contributed by atoms with E-state index in [2.05, 4.69) is 4.98 Å². The lowest BCUT2D eigenvalue weighted by molar-refractivity contribution is -0.385. The maximum absolute atomic E-state index is 10.9. The molecular weight excluding hydrogens is 262 g/mol. The highest BCUT2D eigenvalue weighted by Gasteiger charge is 2.13. The summed E-state index contributed by atoms with van der Waals surface area (Å²) in [5.41, 5.74) is 8.05. The van der Waals surface area contributed by atoms with Crippen molar-refractivity contribution in [3.05, 3.63) is 44.3 Å². The molecule has 0 spiro atoms. The third-order valence-electron chi connectivity index (χ3n) is 2.75. The van der Waals surface area contributed by atoms with Crippen LogP contribution in [0.3, 0.4) is 0 Å². The number of hydrogen-bond acceptors (Lipinski definition) is 5. The van der Waals surface area contributed by atoms with E-state index in [-0.39, 0.29) is 16.7 Å². The molecule has 0 aliphatic rings. The quantitative estimate of drug-likeness (QED) is 0.688. The van der Waals surface area contributed by atoms with Gasteiger partial charge in [0.2, 0.25) is 0 Å². The van der Waals surface area contributed by atoms with Gasteiger partial charge in [0.1, 0.15) is 0 Å². The molecule has 0 fully saturated rings. The van der Waals surface area contributed by atoms with E-state index in [1.54, 1.807) is 19.1 Å².